The molecule has 1 heterocycles. The van der Waals surface area contributed by atoms with E-state index in [4.69, 9.17) is 13.9 Å². The van der Waals surface area contributed by atoms with Crippen molar-refractivity contribution in [1.29, 1.82) is 0 Å². The van der Waals surface area contributed by atoms with Crippen molar-refractivity contribution in [3.63, 3.8) is 0 Å². The van der Waals surface area contributed by atoms with Gasteiger partial charge in [-0.2, -0.15) is 0 Å². The van der Waals surface area contributed by atoms with Crippen molar-refractivity contribution >= 4 is 14.2 Å². The summed E-state index contributed by atoms with van der Waals surface area (Å²) in [4.78, 5) is 0. The summed E-state index contributed by atoms with van der Waals surface area (Å²) in [5.74, 6) is 0. The highest BCUT2D eigenvalue weighted by Crippen LogP contribution is 2.09. The third-order valence-corrected chi connectivity index (χ3v) is 6.12. The Balaban J connectivity index is 1.72. The Morgan fingerprint density at radius 2 is 2.17 bits per heavy atom. The highest BCUT2D eigenvalue weighted by atomic mass is 28.3. The Labute approximate surface area is 111 Å². The van der Waals surface area contributed by atoms with Crippen LogP contribution < -0.4 is 5.19 Å². The standard InChI is InChI=1S/C14H22O3Si/c1-12-6-3-4-7-14(12)18(15-2)9-5-8-16-10-13-11-17-13/h3-4,6-7,13,18H,5,8-11H2,1-2H3. The van der Waals surface area contributed by atoms with Crippen LogP contribution in [0.5, 0.6) is 0 Å². The average Bonchev–Trinajstić information content (AvgIpc) is 3.19. The summed E-state index contributed by atoms with van der Waals surface area (Å²) in [5, 5.41) is 1.42. The molecule has 1 fully saturated rings. The lowest BCUT2D eigenvalue weighted by molar-refractivity contribution is 0.116. The molecule has 0 saturated carbocycles. The van der Waals surface area contributed by atoms with Crippen LogP contribution in [0.25, 0.3) is 0 Å². The van der Waals surface area contributed by atoms with Crippen LogP contribution in [-0.4, -0.2) is 42.1 Å². The van der Waals surface area contributed by atoms with Gasteiger partial charge < -0.3 is 13.9 Å². The fraction of sp³-hybridized carbons (Fsp3) is 0.571. The number of ether oxygens (including phenoxy) is 2. The minimum atomic E-state index is -1.27. The molecule has 0 amide bonds. The van der Waals surface area contributed by atoms with E-state index in [1.807, 2.05) is 7.11 Å². The highest BCUT2D eigenvalue weighted by molar-refractivity contribution is 6.67. The zero-order chi connectivity index (χ0) is 12.8. The predicted octanol–water partition coefficient (Wildman–Crippen LogP) is 1.38. The van der Waals surface area contributed by atoms with E-state index in [1.54, 1.807) is 0 Å². The number of hydrogen-bond acceptors (Lipinski definition) is 3. The van der Waals surface area contributed by atoms with E-state index in [9.17, 15) is 0 Å². The Kier molecular flexibility index (Phi) is 5.38. The molecule has 0 radical (unpaired) electrons. The minimum absolute atomic E-state index is 0.372. The van der Waals surface area contributed by atoms with Crippen molar-refractivity contribution in [3.05, 3.63) is 29.8 Å². The van der Waals surface area contributed by atoms with Gasteiger partial charge in [-0.3, -0.25) is 0 Å². The first-order chi connectivity index (χ1) is 8.81. The molecule has 1 saturated heterocycles. The summed E-state index contributed by atoms with van der Waals surface area (Å²) in [6.07, 6.45) is 1.45. The monoisotopic (exact) mass is 266 g/mol. The molecule has 4 heteroatoms. The molecule has 0 N–H and O–H groups in total. The van der Waals surface area contributed by atoms with Gasteiger partial charge in [-0.15, -0.1) is 0 Å². The molecule has 1 aliphatic rings. The van der Waals surface area contributed by atoms with Gasteiger partial charge in [0.05, 0.1) is 13.2 Å². The summed E-state index contributed by atoms with van der Waals surface area (Å²) in [6, 6.07) is 9.68. The molecule has 1 aromatic carbocycles. The zero-order valence-electron chi connectivity index (χ0n) is 11.2. The van der Waals surface area contributed by atoms with Gasteiger partial charge in [-0.05, 0) is 30.1 Å². The molecular formula is C14H22O3Si. The summed E-state index contributed by atoms with van der Waals surface area (Å²) in [6.45, 7) is 4.61. The van der Waals surface area contributed by atoms with Crippen LogP contribution in [0.1, 0.15) is 12.0 Å². The van der Waals surface area contributed by atoms with E-state index in [0.29, 0.717) is 6.10 Å². The SMILES string of the molecule is CO[SiH](CCCOCC1CO1)c1ccccc1C. The van der Waals surface area contributed by atoms with Gasteiger partial charge >= 0.3 is 0 Å². The number of hydrogen-bond donors (Lipinski definition) is 0. The summed E-state index contributed by atoms with van der Waals surface area (Å²) >= 11 is 0. The Morgan fingerprint density at radius 3 is 2.83 bits per heavy atom. The van der Waals surface area contributed by atoms with Crippen LogP contribution in [0.15, 0.2) is 24.3 Å². The van der Waals surface area contributed by atoms with E-state index in [2.05, 4.69) is 31.2 Å². The predicted molar refractivity (Wildman–Crippen MR) is 75.0 cm³/mol. The van der Waals surface area contributed by atoms with Gasteiger partial charge in [0, 0.05) is 13.7 Å². The maximum absolute atomic E-state index is 5.72. The smallest absolute Gasteiger partial charge is 0.208 e. The van der Waals surface area contributed by atoms with Crippen LogP contribution in [0, 0.1) is 6.92 Å². The van der Waals surface area contributed by atoms with Crippen LogP contribution in [-0.2, 0) is 13.9 Å². The number of epoxide rings is 1. The van der Waals surface area contributed by atoms with Gasteiger partial charge in [0.1, 0.15) is 6.10 Å². The maximum atomic E-state index is 5.72. The first-order valence-corrected chi connectivity index (χ1v) is 8.45. The topological polar surface area (TPSA) is 31.0 Å². The van der Waals surface area contributed by atoms with Crippen LogP contribution >= 0.6 is 0 Å². The molecule has 0 aromatic heterocycles. The fourth-order valence-electron chi connectivity index (χ4n) is 2.10. The molecule has 3 nitrogen and oxygen atoms in total. The van der Waals surface area contributed by atoms with Gasteiger partial charge in [0.2, 0.25) is 9.04 Å². The van der Waals surface area contributed by atoms with Crippen LogP contribution in [0.2, 0.25) is 6.04 Å². The minimum Gasteiger partial charge on any atom is -0.418 e. The maximum Gasteiger partial charge on any atom is 0.208 e. The van der Waals surface area contributed by atoms with Crippen molar-refractivity contribution in [2.75, 3.05) is 26.9 Å². The number of rotatable bonds is 8. The third kappa shape index (κ3) is 4.21. The average molecular weight is 266 g/mol. The molecule has 1 aromatic rings. The molecule has 2 atom stereocenters. The van der Waals surface area contributed by atoms with Crippen molar-refractivity contribution in [2.45, 2.75) is 25.5 Å². The lowest BCUT2D eigenvalue weighted by Gasteiger charge is -2.15. The molecule has 0 aliphatic carbocycles. The van der Waals surface area contributed by atoms with Gasteiger partial charge in [-0.25, -0.2) is 0 Å². The van der Waals surface area contributed by atoms with E-state index < -0.39 is 9.04 Å². The van der Waals surface area contributed by atoms with Crippen molar-refractivity contribution in [2.24, 2.45) is 0 Å². The second kappa shape index (κ2) is 7.04. The Morgan fingerprint density at radius 1 is 1.39 bits per heavy atom. The second-order valence-electron chi connectivity index (χ2n) is 4.75. The molecular weight excluding hydrogens is 244 g/mol. The molecule has 2 rings (SSSR count). The first kappa shape index (κ1) is 13.7. The molecule has 0 spiro atoms. The third-order valence-electron chi connectivity index (χ3n) is 3.28. The zero-order valence-corrected chi connectivity index (χ0v) is 12.4. The Hall–Kier alpha value is -0.683. The lowest BCUT2D eigenvalue weighted by atomic mass is 10.2. The van der Waals surface area contributed by atoms with E-state index in [0.717, 1.165) is 32.3 Å². The van der Waals surface area contributed by atoms with E-state index >= 15 is 0 Å². The fourth-order valence-corrected chi connectivity index (χ4v) is 4.37. The molecule has 1 aliphatic heterocycles. The van der Waals surface area contributed by atoms with Gasteiger partial charge in [-0.1, -0.05) is 24.3 Å². The molecule has 0 bridgehead atoms. The highest BCUT2D eigenvalue weighted by Gasteiger charge is 2.22. The summed E-state index contributed by atoms with van der Waals surface area (Å²) in [7, 11) is 0.562. The lowest BCUT2D eigenvalue weighted by Crippen LogP contribution is -2.34. The van der Waals surface area contributed by atoms with Gasteiger partial charge in [0.15, 0.2) is 0 Å². The Bertz CT molecular complexity index is 366. The molecule has 18 heavy (non-hydrogen) atoms. The summed E-state index contributed by atoms with van der Waals surface area (Å²) in [5.41, 5.74) is 1.35. The van der Waals surface area contributed by atoms with Crippen molar-refractivity contribution < 1.29 is 13.9 Å². The molecule has 100 valence electrons. The van der Waals surface area contributed by atoms with Gasteiger partial charge in [0.25, 0.3) is 0 Å². The molecule has 2 unspecified atom stereocenters. The normalized spacial score (nSPS) is 19.8. The van der Waals surface area contributed by atoms with Crippen molar-refractivity contribution in [1.82, 2.24) is 0 Å². The quantitative estimate of drug-likeness (QED) is 0.405. The number of benzene rings is 1. The second-order valence-corrected chi connectivity index (χ2v) is 7.40. The van der Waals surface area contributed by atoms with E-state index in [1.165, 1.54) is 10.8 Å². The summed E-state index contributed by atoms with van der Waals surface area (Å²) < 4.78 is 16.4. The van der Waals surface area contributed by atoms with Crippen LogP contribution in [0.4, 0.5) is 0 Å². The largest absolute Gasteiger partial charge is 0.418 e. The van der Waals surface area contributed by atoms with Crippen molar-refractivity contribution in [3.8, 4) is 0 Å². The number of aryl methyl sites for hydroxylation is 1. The first-order valence-electron chi connectivity index (χ1n) is 6.59. The van der Waals surface area contributed by atoms with E-state index in [-0.39, 0.29) is 0 Å². The van der Waals surface area contributed by atoms with Crippen LogP contribution in [0.3, 0.4) is 0 Å².